The summed E-state index contributed by atoms with van der Waals surface area (Å²) in [5, 5.41) is 0. The van der Waals surface area contributed by atoms with Crippen LogP contribution >= 0.6 is 15.9 Å². The molecule has 0 bridgehead atoms. The van der Waals surface area contributed by atoms with Crippen molar-refractivity contribution >= 4 is 25.8 Å². The molecule has 112 valence electrons. The van der Waals surface area contributed by atoms with Gasteiger partial charge in [0.05, 0.1) is 18.5 Å². The van der Waals surface area contributed by atoms with Crippen molar-refractivity contribution in [1.82, 2.24) is 4.90 Å². The van der Waals surface area contributed by atoms with Crippen molar-refractivity contribution in [2.45, 2.75) is 12.5 Å². The highest BCUT2D eigenvalue weighted by molar-refractivity contribution is 9.10. The number of rotatable bonds is 5. The highest BCUT2D eigenvalue weighted by Crippen LogP contribution is 2.23. The number of morpholine rings is 1. The molecule has 1 atom stereocenters. The van der Waals surface area contributed by atoms with Crippen LogP contribution in [0.1, 0.15) is 18.1 Å². The Morgan fingerprint density at radius 1 is 1.35 bits per heavy atom. The monoisotopic (exact) mass is 361 g/mol. The molecule has 0 radical (unpaired) electrons. The van der Waals surface area contributed by atoms with Crippen LogP contribution < -0.4 is 0 Å². The Labute approximate surface area is 129 Å². The number of hydrogen-bond acceptors (Lipinski definition) is 4. The van der Waals surface area contributed by atoms with E-state index in [9.17, 15) is 8.42 Å². The number of hydrogen-bond donors (Lipinski definition) is 0. The maximum absolute atomic E-state index is 11.1. The molecule has 0 amide bonds. The molecule has 0 aliphatic carbocycles. The highest BCUT2D eigenvalue weighted by Gasteiger charge is 2.21. The van der Waals surface area contributed by atoms with Crippen molar-refractivity contribution < 1.29 is 13.2 Å². The van der Waals surface area contributed by atoms with E-state index >= 15 is 0 Å². The zero-order valence-electron chi connectivity index (χ0n) is 11.6. The number of benzene rings is 1. The third-order valence-corrected chi connectivity index (χ3v) is 4.94. The largest absolute Gasteiger partial charge is 0.371 e. The lowest BCUT2D eigenvalue weighted by atomic mass is 10.1. The van der Waals surface area contributed by atoms with Gasteiger partial charge < -0.3 is 4.74 Å². The molecule has 20 heavy (non-hydrogen) atoms. The predicted molar refractivity (Wildman–Crippen MR) is 83.6 cm³/mol. The molecule has 2 rings (SSSR count). The minimum atomic E-state index is -2.86. The summed E-state index contributed by atoms with van der Waals surface area (Å²) in [5.74, 6) is 0.257. The number of ether oxygens (including phenoxy) is 1. The summed E-state index contributed by atoms with van der Waals surface area (Å²) < 4.78 is 29.1. The second-order valence-electron chi connectivity index (χ2n) is 5.20. The van der Waals surface area contributed by atoms with E-state index in [0.717, 1.165) is 24.1 Å². The third-order valence-electron chi connectivity index (χ3n) is 3.38. The van der Waals surface area contributed by atoms with Gasteiger partial charge in [0.25, 0.3) is 0 Å². The number of halogens is 1. The fourth-order valence-electron chi connectivity index (χ4n) is 2.34. The van der Waals surface area contributed by atoms with Gasteiger partial charge in [-0.1, -0.05) is 28.1 Å². The molecule has 1 saturated heterocycles. The second-order valence-corrected chi connectivity index (χ2v) is 8.37. The molecule has 1 heterocycles. The van der Waals surface area contributed by atoms with Crippen molar-refractivity contribution in [2.24, 2.45) is 0 Å². The predicted octanol–water partition coefficient (Wildman–Crippen LogP) is 2.26. The Morgan fingerprint density at radius 2 is 2.05 bits per heavy atom. The topological polar surface area (TPSA) is 46.6 Å². The van der Waals surface area contributed by atoms with Crippen LogP contribution in [0.5, 0.6) is 0 Å². The van der Waals surface area contributed by atoms with Gasteiger partial charge in [-0.2, -0.15) is 0 Å². The van der Waals surface area contributed by atoms with Crippen molar-refractivity contribution in [3.05, 3.63) is 34.3 Å². The normalized spacial score (nSPS) is 21.0. The summed E-state index contributed by atoms with van der Waals surface area (Å²) in [4.78, 5) is 2.28. The van der Waals surface area contributed by atoms with Crippen LogP contribution in [-0.2, 0) is 14.6 Å². The smallest absolute Gasteiger partial charge is 0.147 e. The molecule has 0 spiro atoms. The Hall–Kier alpha value is -0.430. The summed E-state index contributed by atoms with van der Waals surface area (Å²) in [6.45, 7) is 3.20. The van der Waals surface area contributed by atoms with E-state index in [1.165, 1.54) is 11.8 Å². The van der Waals surface area contributed by atoms with Gasteiger partial charge in [0, 0.05) is 23.8 Å². The first-order chi connectivity index (χ1) is 9.44. The van der Waals surface area contributed by atoms with Gasteiger partial charge in [-0.3, -0.25) is 4.90 Å². The van der Waals surface area contributed by atoms with E-state index < -0.39 is 9.84 Å². The first kappa shape index (κ1) is 15.9. The number of nitrogens with zero attached hydrogens (tertiary/aromatic N) is 1. The quantitative estimate of drug-likeness (QED) is 0.806. The highest BCUT2D eigenvalue weighted by atomic mass is 79.9. The summed E-state index contributed by atoms with van der Waals surface area (Å²) >= 11 is 3.43. The van der Waals surface area contributed by atoms with Gasteiger partial charge in [0.2, 0.25) is 0 Å². The average Bonchev–Trinajstić information content (AvgIpc) is 2.38. The van der Waals surface area contributed by atoms with E-state index in [4.69, 9.17) is 4.74 Å². The molecule has 6 heteroatoms. The first-order valence-electron chi connectivity index (χ1n) is 6.71. The average molecular weight is 362 g/mol. The van der Waals surface area contributed by atoms with Gasteiger partial charge in [-0.25, -0.2) is 8.42 Å². The molecule has 1 aliphatic rings. The van der Waals surface area contributed by atoms with Gasteiger partial charge in [0.1, 0.15) is 9.84 Å². The Kier molecular flexibility index (Phi) is 5.60. The Bertz CT molecular complexity index is 530. The van der Waals surface area contributed by atoms with E-state index in [1.807, 2.05) is 12.1 Å². The zero-order valence-corrected chi connectivity index (χ0v) is 14.0. The molecule has 0 unspecified atom stereocenters. The van der Waals surface area contributed by atoms with Crippen molar-refractivity contribution in [3.8, 4) is 0 Å². The van der Waals surface area contributed by atoms with Crippen LogP contribution in [0.25, 0.3) is 0 Å². The second kappa shape index (κ2) is 7.02. The zero-order chi connectivity index (χ0) is 14.6. The van der Waals surface area contributed by atoms with Crippen LogP contribution in [0.3, 0.4) is 0 Å². The fourth-order valence-corrected chi connectivity index (χ4v) is 3.25. The molecule has 0 aromatic heterocycles. The Balaban J connectivity index is 1.87. The molecule has 1 aromatic carbocycles. The minimum Gasteiger partial charge on any atom is -0.371 e. The maximum atomic E-state index is 11.1. The van der Waals surface area contributed by atoms with E-state index in [0.29, 0.717) is 13.0 Å². The fraction of sp³-hybridized carbons (Fsp3) is 0.571. The molecule has 4 nitrogen and oxygen atoms in total. The summed E-state index contributed by atoms with van der Waals surface area (Å²) in [7, 11) is -2.86. The van der Waals surface area contributed by atoms with Crippen molar-refractivity contribution in [1.29, 1.82) is 0 Å². The van der Waals surface area contributed by atoms with E-state index in [-0.39, 0.29) is 11.9 Å². The first-order valence-corrected chi connectivity index (χ1v) is 9.56. The van der Waals surface area contributed by atoms with Crippen LogP contribution in [0.4, 0.5) is 0 Å². The summed E-state index contributed by atoms with van der Waals surface area (Å²) in [6.07, 6.45) is 2.05. The van der Waals surface area contributed by atoms with Gasteiger partial charge >= 0.3 is 0 Å². The SMILES string of the molecule is CS(=O)(=O)CCCN1CCO[C@H](c2ccc(Br)cc2)C1. The third kappa shape index (κ3) is 5.16. The molecule has 1 aromatic rings. The summed E-state index contributed by atoms with van der Waals surface area (Å²) in [6, 6.07) is 8.16. The lowest BCUT2D eigenvalue weighted by molar-refractivity contribution is -0.0297. The Morgan fingerprint density at radius 3 is 2.70 bits per heavy atom. The lowest BCUT2D eigenvalue weighted by Gasteiger charge is -2.33. The number of sulfone groups is 1. The molecular weight excluding hydrogens is 342 g/mol. The van der Waals surface area contributed by atoms with Crippen LogP contribution in [0.15, 0.2) is 28.7 Å². The van der Waals surface area contributed by atoms with E-state index in [1.54, 1.807) is 0 Å². The van der Waals surface area contributed by atoms with E-state index in [2.05, 4.69) is 33.0 Å². The van der Waals surface area contributed by atoms with Crippen LogP contribution in [0, 0.1) is 0 Å². The van der Waals surface area contributed by atoms with Gasteiger partial charge in [-0.05, 0) is 30.7 Å². The van der Waals surface area contributed by atoms with Crippen molar-refractivity contribution in [2.75, 3.05) is 38.2 Å². The molecule has 1 aliphatic heterocycles. The molecule has 0 N–H and O–H groups in total. The maximum Gasteiger partial charge on any atom is 0.147 e. The van der Waals surface area contributed by atoms with Crippen molar-refractivity contribution in [3.63, 3.8) is 0 Å². The minimum absolute atomic E-state index is 0.0788. The van der Waals surface area contributed by atoms with Crippen LogP contribution in [-0.4, -0.2) is 51.6 Å². The van der Waals surface area contributed by atoms with Crippen LogP contribution in [0.2, 0.25) is 0 Å². The van der Waals surface area contributed by atoms with Gasteiger partial charge in [0.15, 0.2) is 0 Å². The molecule has 1 fully saturated rings. The van der Waals surface area contributed by atoms with Gasteiger partial charge in [-0.15, -0.1) is 0 Å². The summed E-state index contributed by atoms with van der Waals surface area (Å²) in [5.41, 5.74) is 1.17. The standard InChI is InChI=1S/C14H20BrNO3S/c1-20(17,18)10-2-7-16-8-9-19-14(11-16)12-3-5-13(15)6-4-12/h3-6,14H,2,7-11H2,1H3/t14-/m0/s1. The lowest BCUT2D eigenvalue weighted by Crippen LogP contribution is -2.39. The molecule has 0 saturated carbocycles. The molecular formula is C14H20BrNO3S.